The van der Waals surface area contributed by atoms with E-state index in [1.807, 2.05) is 51.1 Å². The fraction of sp³-hybridized carbons (Fsp3) is 0.476. The van der Waals surface area contributed by atoms with Crippen LogP contribution in [0, 0.1) is 20.8 Å². The number of aryl methyl sites for hydroxylation is 2. The molecule has 2 heterocycles. The summed E-state index contributed by atoms with van der Waals surface area (Å²) in [6, 6.07) is 9.00. The van der Waals surface area contributed by atoms with Crippen LogP contribution in [0.4, 0.5) is 0 Å². The first kappa shape index (κ1) is 20.5. The molecule has 0 radical (unpaired) electrons. The van der Waals surface area contributed by atoms with Gasteiger partial charge in [-0.3, -0.25) is 4.79 Å². The van der Waals surface area contributed by atoms with Gasteiger partial charge in [-0.15, -0.1) is 0 Å². The normalized spacial score (nSPS) is 19.4. The first-order valence-electron chi connectivity index (χ1n) is 9.45. The molecular formula is C21H27NO5S. The highest BCUT2D eigenvalue weighted by Crippen LogP contribution is 2.25. The lowest BCUT2D eigenvalue weighted by atomic mass is 10.1. The first-order valence-corrected chi connectivity index (χ1v) is 11.3. The molecule has 1 amide bonds. The number of carbonyl (C=O) groups is 1. The van der Waals surface area contributed by atoms with Crippen LogP contribution in [0.25, 0.3) is 0 Å². The number of furan rings is 1. The molecule has 0 bridgehead atoms. The van der Waals surface area contributed by atoms with E-state index < -0.39 is 15.9 Å². The fourth-order valence-electron chi connectivity index (χ4n) is 3.47. The molecule has 3 rings (SSSR count). The zero-order valence-electron chi connectivity index (χ0n) is 16.8. The van der Waals surface area contributed by atoms with Crippen molar-refractivity contribution in [3.8, 4) is 5.75 Å². The summed E-state index contributed by atoms with van der Waals surface area (Å²) in [6.07, 6.45) is -0.302. The van der Waals surface area contributed by atoms with Crippen LogP contribution in [-0.2, 0) is 21.2 Å². The number of ether oxygens (including phenoxy) is 1. The Bertz CT molecular complexity index is 963. The molecule has 1 saturated heterocycles. The molecule has 2 atom stereocenters. The highest BCUT2D eigenvalue weighted by molar-refractivity contribution is 7.91. The van der Waals surface area contributed by atoms with Gasteiger partial charge in [-0.2, -0.15) is 0 Å². The van der Waals surface area contributed by atoms with Crippen LogP contribution < -0.4 is 4.74 Å². The molecule has 0 spiro atoms. The Hall–Kier alpha value is -2.28. The van der Waals surface area contributed by atoms with Gasteiger partial charge in [0.1, 0.15) is 17.3 Å². The summed E-state index contributed by atoms with van der Waals surface area (Å²) in [6.45, 7) is 7.71. The van der Waals surface area contributed by atoms with Crippen LogP contribution in [-0.4, -0.2) is 42.9 Å². The van der Waals surface area contributed by atoms with E-state index in [1.54, 1.807) is 11.8 Å². The molecule has 6 nitrogen and oxygen atoms in total. The molecule has 1 aromatic carbocycles. The van der Waals surface area contributed by atoms with E-state index in [9.17, 15) is 13.2 Å². The van der Waals surface area contributed by atoms with Gasteiger partial charge in [0.05, 0.1) is 18.1 Å². The molecule has 7 heteroatoms. The Kier molecular flexibility index (Phi) is 5.84. The summed E-state index contributed by atoms with van der Waals surface area (Å²) < 4.78 is 35.5. The largest absolute Gasteiger partial charge is 0.481 e. The maximum atomic E-state index is 13.2. The van der Waals surface area contributed by atoms with E-state index in [0.717, 1.165) is 16.9 Å². The lowest BCUT2D eigenvalue weighted by Gasteiger charge is -2.30. The first-order chi connectivity index (χ1) is 13.2. The number of carbonyl (C=O) groups excluding carboxylic acids is 1. The minimum absolute atomic E-state index is 0.0192. The molecule has 0 N–H and O–H groups in total. The Labute approximate surface area is 166 Å². The molecule has 1 aliphatic heterocycles. The van der Waals surface area contributed by atoms with Crippen molar-refractivity contribution in [2.45, 2.75) is 52.8 Å². The van der Waals surface area contributed by atoms with E-state index >= 15 is 0 Å². The van der Waals surface area contributed by atoms with Gasteiger partial charge in [0.2, 0.25) is 0 Å². The molecule has 1 aromatic heterocycles. The lowest BCUT2D eigenvalue weighted by Crippen LogP contribution is -2.46. The monoisotopic (exact) mass is 405 g/mol. The third kappa shape index (κ3) is 4.58. The van der Waals surface area contributed by atoms with Crippen molar-refractivity contribution in [2.75, 3.05) is 11.5 Å². The highest BCUT2D eigenvalue weighted by Gasteiger charge is 2.37. The van der Waals surface area contributed by atoms with Crippen molar-refractivity contribution in [3.63, 3.8) is 0 Å². The van der Waals surface area contributed by atoms with Crippen molar-refractivity contribution >= 4 is 15.7 Å². The van der Waals surface area contributed by atoms with Crippen LogP contribution >= 0.6 is 0 Å². The van der Waals surface area contributed by atoms with Crippen LogP contribution in [0.15, 0.2) is 34.7 Å². The molecule has 28 heavy (non-hydrogen) atoms. The van der Waals surface area contributed by atoms with E-state index in [2.05, 4.69) is 0 Å². The number of benzene rings is 1. The Morgan fingerprint density at radius 2 is 2.00 bits per heavy atom. The van der Waals surface area contributed by atoms with E-state index in [1.165, 1.54) is 0 Å². The summed E-state index contributed by atoms with van der Waals surface area (Å²) in [5.41, 5.74) is 2.07. The Morgan fingerprint density at radius 1 is 1.25 bits per heavy atom. The lowest BCUT2D eigenvalue weighted by molar-refractivity contribution is -0.141. The minimum atomic E-state index is -3.12. The molecule has 0 aliphatic carbocycles. The van der Waals surface area contributed by atoms with Gasteiger partial charge in [-0.05, 0) is 63.4 Å². The van der Waals surface area contributed by atoms with E-state index in [0.29, 0.717) is 17.9 Å². The number of sulfone groups is 1. The quantitative estimate of drug-likeness (QED) is 0.738. The van der Waals surface area contributed by atoms with Gasteiger partial charge >= 0.3 is 0 Å². The zero-order chi connectivity index (χ0) is 20.5. The van der Waals surface area contributed by atoms with Gasteiger partial charge in [0.25, 0.3) is 5.91 Å². The average Bonchev–Trinajstić information content (AvgIpc) is 3.21. The van der Waals surface area contributed by atoms with Crippen LogP contribution in [0.2, 0.25) is 0 Å². The topological polar surface area (TPSA) is 76.8 Å². The number of hydrogen-bond donors (Lipinski definition) is 0. The second-order valence-electron chi connectivity index (χ2n) is 7.49. The molecule has 0 saturated carbocycles. The van der Waals surface area contributed by atoms with Crippen molar-refractivity contribution < 1.29 is 22.4 Å². The van der Waals surface area contributed by atoms with Gasteiger partial charge in [-0.1, -0.05) is 12.1 Å². The van der Waals surface area contributed by atoms with Crippen molar-refractivity contribution in [1.82, 2.24) is 4.90 Å². The third-order valence-corrected chi connectivity index (χ3v) is 7.01. The molecular weight excluding hydrogens is 378 g/mol. The second-order valence-corrected chi connectivity index (χ2v) is 9.72. The fourth-order valence-corrected chi connectivity index (χ4v) is 5.20. The van der Waals surface area contributed by atoms with Crippen molar-refractivity contribution in [1.29, 1.82) is 0 Å². The summed E-state index contributed by atoms with van der Waals surface area (Å²) in [7, 11) is -3.12. The van der Waals surface area contributed by atoms with Crippen LogP contribution in [0.1, 0.15) is 36.0 Å². The number of hydrogen-bond acceptors (Lipinski definition) is 5. The number of nitrogens with zero attached hydrogens (tertiary/aromatic N) is 1. The summed E-state index contributed by atoms with van der Waals surface area (Å²) in [5.74, 6) is 1.89. The predicted octanol–water partition coefficient (Wildman–Crippen LogP) is 3.19. The summed E-state index contributed by atoms with van der Waals surface area (Å²) >= 11 is 0. The van der Waals surface area contributed by atoms with Gasteiger partial charge in [-0.25, -0.2) is 8.42 Å². The minimum Gasteiger partial charge on any atom is -0.481 e. The molecule has 152 valence electrons. The molecule has 1 aliphatic rings. The Morgan fingerprint density at radius 3 is 2.61 bits per heavy atom. The summed E-state index contributed by atoms with van der Waals surface area (Å²) in [4.78, 5) is 14.8. The van der Waals surface area contributed by atoms with Gasteiger partial charge < -0.3 is 14.1 Å². The average molecular weight is 406 g/mol. The van der Waals surface area contributed by atoms with Crippen LogP contribution in [0.5, 0.6) is 5.75 Å². The zero-order valence-corrected chi connectivity index (χ0v) is 17.6. The smallest absolute Gasteiger partial charge is 0.264 e. The Balaban J connectivity index is 1.81. The maximum Gasteiger partial charge on any atom is 0.264 e. The molecule has 0 unspecified atom stereocenters. The molecule has 1 fully saturated rings. The number of amides is 1. The highest BCUT2D eigenvalue weighted by atomic mass is 32.2. The SMILES string of the molecule is Cc1ccc(CN(C(=O)[C@H](C)Oc2cccc(C)c2C)[C@H]2CCS(=O)(=O)C2)o1. The van der Waals surface area contributed by atoms with Crippen LogP contribution in [0.3, 0.4) is 0 Å². The van der Waals surface area contributed by atoms with E-state index in [-0.39, 0.29) is 30.0 Å². The van der Waals surface area contributed by atoms with Gasteiger partial charge in [0.15, 0.2) is 15.9 Å². The molecule has 2 aromatic rings. The van der Waals surface area contributed by atoms with Crippen molar-refractivity contribution in [3.05, 3.63) is 53.0 Å². The number of rotatable bonds is 6. The van der Waals surface area contributed by atoms with Gasteiger partial charge in [0, 0.05) is 6.04 Å². The summed E-state index contributed by atoms with van der Waals surface area (Å²) in [5, 5.41) is 0. The predicted molar refractivity (Wildman–Crippen MR) is 107 cm³/mol. The van der Waals surface area contributed by atoms with Crippen molar-refractivity contribution in [2.24, 2.45) is 0 Å². The van der Waals surface area contributed by atoms with E-state index in [4.69, 9.17) is 9.15 Å². The third-order valence-electron chi connectivity index (χ3n) is 5.26. The standard InChI is InChI=1S/C21H27NO5S/c1-14-6-5-7-20(16(14)3)27-17(4)21(23)22(12-19-9-8-15(2)26-19)18-10-11-28(24,25)13-18/h5-9,17-18H,10-13H2,1-4H3/t17-,18-/m0/s1. The maximum absolute atomic E-state index is 13.2. The second kappa shape index (κ2) is 7.99.